The van der Waals surface area contributed by atoms with E-state index in [0.29, 0.717) is 18.7 Å². The van der Waals surface area contributed by atoms with Crippen molar-refractivity contribution in [3.63, 3.8) is 0 Å². The molecule has 1 atom stereocenters. The Labute approximate surface area is 198 Å². The number of carbonyl (C=O) groups excluding carboxylic acids is 2. The number of carboxylic acid groups (broad SMARTS) is 1. The largest absolute Gasteiger partial charge is 0.480 e. The molecule has 1 aliphatic rings. The van der Waals surface area contributed by atoms with Crippen molar-refractivity contribution in [1.29, 1.82) is 0 Å². The Morgan fingerprint density at radius 1 is 1.09 bits per heavy atom. The van der Waals surface area contributed by atoms with Crippen molar-refractivity contribution in [2.45, 2.75) is 31.7 Å². The topological polar surface area (TPSA) is 95.9 Å². The van der Waals surface area contributed by atoms with E-state index < -0.39 is 12.1 Å². The third-order valence-electron chi connectivity index (χ3n) is 5.74. The minimum Gasteiger partial charge on any atom is -0.480 e. The summed E-state index contributed by atoms with van der Waals surface area (Å²) in [5, 5.41) is 11.8. The quantitative estimate of drug-likeness (QED) is 0.516. The molecule has 7 nitrogen and oxygen atoms in total. The highest BCUT2D eigenvalue weighted by atomic mass is 32.2. The molecule has 1 unspecified atom stereocenters. The van der Waals surface area contributed by atoms with E-state index in [1.54, 1.807) is 18.7 Å². The first-order valence-corrected chi connectivity index (χ1v) is 12.4. The van der Waals surface area contributed by atoms with E-state index in [2.05, 4.69) is 29.6 Å². The molecule has 0 spiro atoms. The van der Waals surface area contributed by atoms with Gasteiger partial charge in [0.1, 0.15) is 13.2 Å². The van der Waals surface area contributed by atoms with E-state index in [1.165, 1.54) is 16.0 Å². The molecule has 176 valence electrons. The summed E-state index contributed by atoms with van der Waals surface area (Å²) in [5.74, 6) is -0.602. The molecular formula is C25H30N2O5S. The van der Waals surface area contributed by atoms with E-state index in [1.807, 2.05) is 30.5 Å². The Morgan fingerprint density at radius 3 is 2.27 bits per heavy atom. The molecule has 0 fully saturated rings. The predicted molar refractivity (Wildman–Crippen MR) is 129 cm³/mol. The predicted octanol–water partition coefficient (Wildman–Crippen LogP) is 3.97. The number of aliphatic carboxylic acids is 1. The summed E-state index contributed by atoms with van der Waals surface area (Å²) in [5.41, 5.74) is 4.63. The fraction of sp³-hybridized carbons (Fsp3) is 0.400. The number of benzene rings is 2. The van der Waals surface area contributed by atoms with Gasteiger partial charge in [-0.05, 0) is 41.9 Å². The van der Waals surface area contributed by atoms with Gasteiger partial charge in [0.15, 0.2) is 0 Å². The first-order chi connectivity index (χ1) is 15.9. The van der Waals surface area contributed by atoms with Gasteiger partial charge in [0.25, 0.3) is 0 Å². The van der Waals surface area contributed by atoms with E-state index in [4.69, 9.17) is 9.84 Å². The molecule has 2 amide bonds. The van der Waals surface area contributed by atoms with Crippen LogP contribution in [0.4, 0.5) is 4.79 Å². The molecule has 2 N–H and O–H groups in total. The number of carbonyl (C=O) groups is 3. The van der Waals surface area contributed by atoms with Gasteiger partial charge in [0, 0.05) is 30.7 Å². The molecular weight excluding hydrogens is 440 g/mol. The van der Waals surface area contributed by atoms with Crippen LogP contribution in [0.25, 0.3) is 11.1 Å². The second kappa shape index (κ2) is 11.7. The first-order valence-electron chi connectivity index (χ1n) is 11.0. The molecule has 0 bridgehead atoms. The monoisotopic (exact) mass is 470 g/mol. The van der Waals surface area contributed by atoms with Gasteiger partial charge in [-0.1, -0.05) is 48.5 Å². The lowest BCUT2D eigenvalue weighted by molar-refractivity contribution is -0.144. The minimum atomic E-state index is -1.03. The van der Waals surface area contributed by atoms with E-state index in [-0.39, 0.29) is 37.4 Å². The van der Waals surface area contributed by atoms with Crippen LogP contribution in [0.3, 0.4) is 0 Å². The Kier molecular flexibility index (Phi) is 8.77. The zero-order chi connectivity index (χ0) is 23.8. The highest BCUT2D eigenvalue weighted by Gasteiger charge is 2.29. The summed E-state index contributed by atoms with van der Waals surface area (Å²) in [7, 11) is 0. The van der Waals surface area contributed by atoms with Gasteiger partial charge in [-0.2, -0.15) is 11.8 Å². The summed E-state index contributed by atoms with van der Waals surface area (Å²) >= 11 is 1.55. The lowest BCUT2D eigenvalue weighted by Gasteiger charge is -2.21. The van der Waals surface area contributed by atoms with Gasteiger partial charge in [-0.25, -0.2) is 4.79 Å². The molecule has 2 aromatic carbocycles. The summed E-state index contributed by atoms with van der Waals surface area (Å²) in [4.78, 5) is 37.2. The number of hydrogen-bond acceptors (Lipinski definition) is 5. The van der Waals surface area contributed by atoms with Gasteiger partial charge in [-0.3, -0.25) is 9.59 Å². The molecule has 33 heavy (non-hydrogen) atoms. The maximum absolute atomic E-state index is 12.4. The smallest absolute Gasteiger partial charge is 0.407 e. The standard InChI is InChI=1S/C25H30N2O5S/c1-17(11-12-23(28)27(13-14-33-2)15-24(29)30)26-25(31)32-16-22-20-9-5-3-7-18(20)19-8-4-6-10-21(19)22/h3-10,17,22H,11-16H2,1-2H3,(H,26,31)(H,29,30). The third-order valence-corrected chi connectivity index (χ3v) is 6.33. The number of fused-ring (bicyclic) bond motifs is 3. The fourth-order valence-corrected chi connectivity index (χ4v) is 4.47. The zero-order valence-electron chi connectivity index (χ0n) is 19.0. The normalized spacial score (nSPS) is 13.0. The average Bonchev–Trinajstić information content (AvgIpc) is 3.12. The van der Waals surface area contributed by atoms with Crippen LogP contribution in [0, 0.1) is 0 Å². The average molecular weight is 471 g/mol. The second-order valence-electron chi connectivity index (χ2n) is 8.11. The molecule has 0 radical (unpaired) electrons. The SMILES string of the molecule is CSCCN(CC(=O)O)C(=O)CCC(C)NC(=O)OCC1c2ccccc2-c2ccccc21. The van der Waals surface area contributed by atoms with Crippen molar-refractivity contribution >= 4 is 29.7 Å². The minimum absolute atomic E-state index is 0.0129. The van der Waals surface area contributed by atoms with Gasteiger partial charge in [-0.15, -0.1) is 0 Å². The molecule has 0 aromatic heterocycles. The fourth-order valence-electron chi connectivity index (χ4n) is 4.07. The molecule has 0 saturated carbocycles. The summed E-state index contributed by atoms with van der Waals surface area (Å²) < 4.78 is 5.54. The number of hydrogen-bond donors (Lipinski definition) is 2. The van der Waals surface area contributed by atoms with Crippen molar-refractivity contribution in [3.05, 3.63) is 59.7 Å². The number of nitrogens with one attached hydrogen (secondary N) is 1. The maximum atomic E-state index is 12.4. The zero-order valence-corrected chi connectivity index (χ0v) is 19.8. The Hall–Kier alpha value is -3.00. The molecule has 0 saturated heterocycles. The van der Waals surface area contributed by atoms with E-state index >= 15 is 0 Å². The first kappa shape index (κ1) is 24.6. The highest BCUT2D eigenvalue weighted by molar-refractivity contribution is 7.98. The Morgan fingerprint density at radius 2 is 1.70 bits per heavy atom. The summed E-state index contributed by atoms with van der Waals surface area (Å²) in [6.45, 7) is 2.11. The Bertz CT molecular complexity index is 951. The molecule has 0 heterocycles. The van der Waals surface area contributed by atoms with Crippen molar-refractivity contribution in [3.8, 4) is 11.1 Å². The number of nitrogens with zero attached hydrogens (tertiary/aromatic N) is 1. The third kappa shape index (κ3) is 6.51. The van der Waals surface area contributed by atoms with Crippen molar-refractivity contribution in [1.82, 2.24) is 10.2 Å². The molecule has 1 aliphatic carbocycles. The number of rotatable bonds is 11. The van der Waals surface area contributed by atoms with Crippen LogP contribution in [-0.2, 0) is 14.3 Å². The van der Waals surface area contributed by atoms with Gasteiger partial charge >= 0.3 is 12.1 Å². The van der Waals surface area contributed by atoms with Crippen molar-refractivity contribution in [2.24, 2.45) is 0 Å². The van der Waals surface area contributed by atoms with Crippen LogP contribution in [0.15, 0.2) is 48.5 Å². The second-order valence-corrected chi connectivity index (χ2v) is 9.10. The summed E-state index contributed by atoms with van der Waals surface area (Å²) in [6, 6.07) is 16.0. The van der Waals surface area contributed by atoms with Gasteiger partial charge in [0.2, 0.25) is 5.91 Å². The molecule has 2 aromatic rings. The highest BCUT2D eigenvalue weighted by Crippen LogP contribution is 2.44. The van der Waals surface area contributed by atoms with Gasteiger partial charge < -0.3 is 20.1 Å². The maximum Gasteiger partial charge on any atom is 0.407 e. The number of thioether (sulfide) groups is 1. The van der Waals surface area contributed by atoms with Crippen LogP contribution < -0.4 is 5.32 Å². The molecule has 3 rings (SSSR count). The van der Waals surface area contributed by atoms with Gasteiger partial charge in [0.05, 0.1) is 0 Å². The lowest BCUT2D eigenvalue weighted by atomic mass is 9.98. The van der Waals surface area contributed by atoms with Crippen LogP contribution >= 0.6 is 11.8 Å². The number of alkyl carbamates (subject to hydrolysis) is 1. The molecule has 0 aliphatic heterocycles. The lowest BCUT2D eigenvalue weighted by Crippen LogP contribution is -2.39. The number of amides is 2. The van der Waals surface area contributed by atoms with Crippen molar-refractivity contribution in [2.75, 3.05) is 31.7 Å². The van der Waals surface area contributed by atoms with Crippen LogP contribution in [0.5, 0.6) is 0 Å². The molecule has 8 heteroatoms. The van der Waals surface area contributed by atoms with E-state index in [9.17, 15) is 14.4 Å². The van der Waals surface area contributed by atoms with Crippen LogP contribution in [0.2, 0.25) is 0 Å². The number of ether oxygens (including phenoxy) is 1. The van der Waals surface area contributed by atoms with E-state index in [0.717, 1.165) is 11.1 Å². The Balaban J connectivity index is 1.49. The summed E-state index contributed by atoms with van der Waals surface area (Å²) in [6.07, 6.45) is 1.94. The number of carboxylic acids is 1. The van der Waals surface area contributed by atoms with Crippen molar-refractivity contribution < 1.29 is 24.2 Å². The van der Waals surface area contributed by atoms with Crippen LogP contribution in [-0.4, -0.2) is 65.7 Å². The van der Waals surface area contributed by atoms with Crippen LogP contribution in [0.1, 0.15) is 36.8 Å².